The third-order valence-corrected chi connectivity index (χ3v) is 4.14. The smallest absolute Gasteiger partial charge is 0.221 e. The molecule has 2 rings (SSSR count). The van der Waals surface area contributed by atoms with E-state index in [1.165, 1.54) is 12.8 Å². The second-order valence-electron chi connectivity index (χ2n) is 5.79. The molecule has 0 aromatic carbocycles. The van der Waals surface area contributed by atoms with E-state index in [1.807, 2.05) is 17.9 Å². The molecule has 1 aromatic heterocycles. The van der Waals surface area contributed by atoms with Crippen LogP contribution in [0, 0.1) is 5.92 Å². The monoisotopic (exact) mass is 278 g/mol. The quantitative estimate of drug-likeness (QED) is 0.855. The van der Waals surface area contributed by atoms with E-state index in [1.54, 1.807) is 0 Å². The van der Waals surface area contributed by atoms with Crippen LogP contribution < -0.4 is 10.6 Å². The largest absolute Gasteiger partial charge is 0.352 e. The van der Waals surface area contributed by atoms with E-state index in [-0.39, 0.29) is 5.91 Å². The molecule has 1 aromatic rings. The van der Waals surface area contributed by atoms with Crippen molar-refractivity contribution in [2.45, 2.75) is 52.1 Å². The molecule has 0 radical (unpaired) electrons. The van der Waals surface area contributed by atoms with Crippen LogP contribution in [-0.2, 0) is 24.8 Å². The van der Waals surface area contributed by atoms with Crippen molar-refractivity contribution in [1.29, 1.82) is 0 Å². The van der Waals surface area contributed by atoms with Crippen molar-refractivity contribution in [3.05, 3.63) is 17.5 Å². The highest BCUT2D eigenvalue weighted by molar-refractivity contribution is 5.76. The molecule has 0 spiro atoms. The predicted octanol–water partition coefficient (Wildman–Crippen LogP) is 1.38. The Hall–Kier alpha value is -1.36. The molecule has 2 atom stereocenters. The number of rotatable bonds is 5. The minimum absolute atomic E-state index is 0.127. The fourth-order valence-corrected chi connectivity index (χ4v) is 2.88. The molecule has 0 saturated carbocycles. The molecule has 2 unspecified atom stereocenters. The van der Waals surface area contributed by atoms with Gasteiger partial charge in [0.1, 0.15) is 0 Å². The van der Waals surface area contributed by atoms with Crippen LogP contribution in [0.15, 0.2) is 6.20 Å². The van der Waals surface area contributed by atoms with Gasteiger partial charge < -0.3 is 10.6 Å². The number of nitrogens with one attached hydrogen (secondary N) is 2. The fraction of sp³-hybridized carbons (Fsp3) is 0.733. The minimum Gasteiger partial charge on any atom is -0.352 e. The third kappa shape index (κ3) is 3.82. The van der Waals surface area contributed by atoms with Crippen LogP contribution >= 0.6 is 0 Å². The Labute approximate surface area is 121 Å². The molecular formula is C15H26N4O. The second kappa shape index (κ2) is 6.88. The Balaban J connectivity index is 1.82. The normalized spacial score (nSPS) is 22.8. The average Bonchev–Trinajstić information content (AvgIpc) is 2.79. The lowest BCUT2D eigenvalue weighted by Gasteiger charge is -2.29. The molecule has 5 heteroatoms. The van der Waals surface area contributed by atoms with E-state index in [0.717, 1.165) is 24.2 Å². The molecule has 5 nitrogen and oxygen atoms in total. The van der Waals surface area contributed by atoms with Gasteiger partial charge in [-0.2, -0.15) is 5.10 Å². The van der Waals surface area contributed by atoms with Crippen molar-refractivity contribution in [3.63, 3.8) is 0 Å². The number of nitrogens with zero attached hydrogens (tertiary/aromatic N) is 2. The van der Waals surface area contributed by atoms with Crippen molar-refractivity contribution in [3.8, 4) is 0 Å². The van der Waals surface area contributed by atoms with Crippen molar-refractivity contribution in [1.82, 2.24) is 20.4 Å². The number of hydrogen-bond donors (Lipinski definition) is 2. The SMILES string of the molecule is CCc1nn(C)cc1CNC(=O)CC1NCCCC1C. The standard InChI is InChI=1S/C15H26N4O/c1-4-13-12(10-19(3)18-13)9-17-15(20)8-14-11(2)6-5-7-16-14/h10-11,14,16H,4-9H2,1-3H3,(H,17,20). The summed E-state index contributed by atoms with van der Waals surface area (Å²) in [4.78, 5) is 12.1. The van der Waals surface area contributed by atoms with Crippen LogP contribution in [0.1, 0.15) is 44.4 Å². The van der Waals surface area contributed by atoms with Crippen LogP contribution in [0.5, 0.6) is 0 Å². The van der Waals surface area contributed by atoms with Crippen molar-refractivity contribution in [2.75, 3.05) is 6.54 Å². The van der Waals surface area contributed by atoms with Gasteiger partial charge in [0, 0.05) is 37.8 Å². The zero-order valence-electron chi connectivity index (χ0n) is 12.8. The molecule has 1 fully saturated rings. The average molecular weight is 278 g/mol. The van der Waals surface area contributed by atoms with Gasteiger partial charge in [0.05, 0.1) is 5.69 Å². The first-order valence-corrected chi connectivity index (χ1v) is 7.61. The Morgan fingerprint density at radius 1 is 1.60 bits per heavy atom. The maximum Gasteiger partial charge on any atom is 0.221 e. The summed E-state index contributed by atoms with van der Waals surface area (Å²) in [5.41, 5.74) is 2.19. The van der Waals surface area contributed by atoms with Crippen LogP contribution in [0.4, 0.5) is 0 Å². The van der Waals surface area contributed by atoms with Crippen LogP contribution in [0.25, 0.3) is 0 Å². The van der Waals surface area contributed by atoms with E-state index in [0.29, 0.717) is 24.9 Å². The van der Waals surface area contributed by atoms with Gasteiger partial charge in [0.15, 0.2) is 0 Å². The van der Waals surface area contributed by atoms with Crippen LogP contribution in [-0.4, -0.2) is 28.3 Å². The second-order valence-corrected chi connectivity index (χ2v) is 5.79. The third-order valence-electron chi connectivity index (χ3n) is 4.14. The van der Waals surface area contributed by atoms with Crippen molar-refractivity contribution < 1.29 is 4.79 Å². The van der Waals surface area contributed by atoms with Crippen molar-refractivity contribution in [2.24, 2.45) is 13.0 Å². The summed E-state index contributed by atoms with van der Waals surface area (Å²) in [6, 6.07) is 0.322. The van der Waals surface area contributed by atoms with E-state index in [9.17, 15) is 4.79 Å². The van der Waals surface area contributed by atoms with Gasteiger partial charge in [-0.15, -0.1) is 0 Å². The van der Waals surface area contributed by atoms with Crippen molar-refractivity contribution >= 4 is 5.91 Å². The molecule has 0 aliphatic carbocycles. The Morgan fingerprint density at radius 2 is 2.40 bits per heavy atom. The summed E-state index contributed by atoms with van der Waals surface area (Å²) in [7, 11) is 1.91. The number of aromatic nitrogens is 2. The summed E-state index contributed by atoms with van der Waals surface area (Å²) in [6.07, 6.45) is 5.89. The highest BCUT2D eigenvalue weighted by Crippen LogP contribution is 2.18. The zero-order valence-corrected chi connectivity index (χ0v) is 12.8. The molecule has 1 aliphatic rings. The first kappa shape index (κ1) is 15.0. The van der Waals surface area contributed by atoms with Gasteiger partial charge in [-0.05, 0) is 31.7 Å². The maximum atomic E-state index is 12.1. The summed E-state index contributed by atoms with van der Waals surface area (Å²) >= 11 is 0. The number of aryl methyl sites for hydroxylation is 2. The van der Waals surface area contributed by atoms with E-state index < -0.39 is 0 Å². The van der Waals surface area contributed by atoms with Gasteiger partial charge in [-0.25, -0.2) is 0 Å². The molecule has 0 bridgehead atoms. The molecule has 112 valence electrons. The maximum absolute atomic E-state index is 12.1. The molecule has 2 heterocycles. The van der Waals surface area contributed by atoms with Crippen LogP contribution in [0.2, 0.25) is 0 Å². The van der Waals surface area contributed by atoms with Crippen LogP contribution in [0.3, 0.4) is 0 Å². The fourth-order valence-electron chi connectivity index (χ4n) is 2.88. The number of carbonyl (C=O) groups excluding carboxylic acids is 1. The van der Waals surface area contributed by atoms with E-state index in [4.69, 9.17) is 0 Å². The Morgan fingerprint density at radius 3 is 3.10 bits per heavy atom. The Kier molecular flexibility index (Phi) is 5.17. The molecule has 1 amide bonds. The molecule has 2 N–H and O–H groups in total. The van der Waals surface area contributed by atoms with E-state index in [2.05, 4.69) is 29.6 Å². The number of piperidine rings is 1. The van der Waals surface area contributed by atoms with Gasteiger partial charge in [0.2, 0.25) is 5.91 Å². The highest BCUT2D eigenvalue weighted by atomic mass is 16.1. The first-order valence-electron chi connectivity index (χ1n) is 7.61. The van der Waals surface area contributed by atoms with Gasteiger partial charge in [0.25, 0.3) is 0 Å². The summed E-state index contributed by atoms with van der Waals surface area (Å²) in [6.45, 7) is 5.92. The first-order chi connectivity index (χ1) is 9.60. The molecule has 1 saturated heterocycles. The molecule has 20 heavy (non-hydrogen) atoms. The number of carbonyl (C=O) groups is 1. The van der Waals surface area contributed by atoms with E-state index >= 15 is 0 Å². The lowest BCUT2D eigenvalue weighted by molar-refractivity contribution is -0.122. The Bertz CT molecular complexity index is 455. The van der Waals surface area contributed by atoms with Gasteiger partial charge >= 0.3 is 0 Å². The lowest BCUT2D eigenvalue weighted by Crippen LogP contribution is -2.43. The summed E-state index contributed by atoms with van der Waals surface area (Å²) in [5.74, 6) is 0.709. The zero-order chi connectivity index (χ0) is 14.5. The van der Waals surface area contributed by atoms with Gasteiger partial charge in [-0.3, -0.25) is 9.48 Å². The number of amides is 1. The lowest BCUT2D eigenvalue weighted by atomic mass is 9.90. The topological polar surface area (TPSA) is 59.0 Å². The summed E-state index contributed by atoms with van der Waals surface area (Å²) in [5, 5.41) is 10.9. The minimum atomic E-state index is 0.127. The molecular weight excluding hydrogens is 252 g/mol. The molecule has 1 aliphatic heterocycles. The van der Waals surface area contributed by atoms with Gasteiger partial charge in [-0.1, -0.05) is 13.8 Å². The highest BCUT2D eigenvalue weighted by Gasteiger charge is 2.23. The predicted molar refractivity (Wildman–Crippen MR) is 79.2 cm³/mol. The summed E-state index contributed by atoms with van der Waals surface area (Å²) < 4.78 is 1.81. The number of hydrogen-bond acceptors (Lipinski definition) is 3.